The maximum absolute atomic E-state index is 3.53. The van der Waals surface area contributed by atoms with Crippen molar-refractivity contribution in [3.05, 3.63) is 0 Å². The lowest BCUT2D eigenvalue weighted by Crippen LogP contribution is -2.39. The number of nitrogens with zero attached hydrogens (tertiary/aromatic N) is 1. The van der Waals surface area contributed by atoms with Gasteiger partial charge in [0.25, 0.3) is 0 Å². The maximum atomic E-state index is 3.53. The molecule has 0 radical (unpaired) electrons. The third kappa shape index (κ3) is 4.30. The number of halogens is 1. The van der Waals surface area contributed by atoms with Gasteiger partial charge in [-0.05, 0) is 46.3 Å². The minimum atomic E-state index is 0. The Labute approximate surface area is 88.5 Å². The fourth-order valence-corrected chi connectivity index (χ4v) is 2.09. The summed E-state index contributed by atoms with van der Waals surface area (Å²) in [4.78, 5) is 2.36. The van der Waals surface area contributed by atoms with Crippen molar-refractivity contribution in [1.29, 1.82) is 0 Å². The second-order valence-electron chi connectivity index (χ2n) is 4.03. The molecule has 0 unspecified atom stereocenters. The van der Waals surface area contributed by atoms with Gasteiger partial charge >= 0.3 is 0 Å². The van der Waals surface area contributed by atoms with Crippen LogP contribution in [0.5, 0.6) is 0 Å². The maximum Gasteiger partial charge on any atom is 0.00903 e. The van der Waals surface area contributed by atoms with Crippen LogP contribution in [0.15, 0.2) is 0 Å². The minimum absolute atomic E-state index is 0. The molecule has 0 heterocycles. The van der Waals surface area contributed by atoms with Gasteiger partial charge in [0, 0.05) is 12.1 Å². The van der Waals surface area contributed by atoms with Crippen LogP contribution in [0.25, 0.3) is 0 Å². The van der Waals surface area contributed by atoms with E-state index in [1.807, 2.05) is 0 Å². The summed E-state index contributed by atoms with van der Waals surface area (Å²) in [5, 5.41) is 3.53. The van der Waals surface area contributed by atoms with Crippen LogP contribution in [0.2, 0.25) is 0 Å². The van der Waals surface area contributed by atoms with Crippen LogP contribution >= 0.6 is 12.4 Å². The zero-order chi connectivity index (χ0) is 8.97. The highest BCUT2D eigenvalue weighted by atomic mass is 35.5. The summed E-state index contributed by atoms with van der Waals surface area (Å²) in [6, 6.07) is 1.63. The van der Waals surface area contributed by atoms with Gasteiger partial charge in [-0.15, -0.1) is 12.4 Å². The fourth-order valence-electron chi connectivity index (χ4n) is 2.09. The summed E-state index contributed by atoms with van der Waals surface area (Å²) in [6.45, 7) is 3.31. The topological polar surface area (TPSA) is 15.3 Å². The third-order valence-corrected chi connectivity index (χ3v) is 2.92. The van der Waals surface area contributed by atoms with Crippen LogP contribution in [-0.4, -0.2) is 37.6 Å². The summed E-state index contributed by atoms with van der Waals surface area (Å²) in [5.74, 6) is 0. The predicted octanol–water partition coefficient (Wildman–Crippen LogP) is 1.89. The molecule has 2 nitrogen and oxygen atoms in total. The number of hydrogen-bond acceptors (Lipinski definition) is 2. The Morgan fingerprint density at radius 1 is 1.15 bits per heavy atom. The van der Waals surface area contributed by atoms with Crippen LogP contribution in [-0.2, 0) is 0 Å². The van der Waals surface area contributed by atoms with Crippen LogP contribution in [0.3, 0.4) is 0 Å². The van der Waals surface area contributed by atoms with E-state index < -0.39 is 0 Å². The van der Waals surface area contributed by atoms with E-state index in [4.69, 9.17) is 0 Å². The summed E-state index contributed by atoms with van der Waals surface area (Å²) in [7, 11) is 4.39. The second-order valence-corrected chi connectivity index (χ2v) is 4.03. The third-order valence-electron chi connectivity index (χ3n) is 2.92. The molecule has 0 atom stereocenters. The first kappa shape index (κ1) is 13.2. The normalized spacial score (nSPS) is 28.6. The van der Waals surface area contributed by atoms with E-state index in [0.29, 0.717) is 0 Å². The van der Waals surface area contributed by atoms with E-state index in [2.05, 4.69) is 31.2 Å². The smallest absolute Gasteiger partial charge is 0.00903 e. The molecule has 1 fully saturated rings. The van der Waals surface area contributed by atoms with Crippen LogP contribution in [0.4, 0.5) is 0 Å². The molecule has 0 aromatic rings. The van der Waals surface area contributed by atoms with Gasteiger partial charge in [0.05, 0.1) is 0 Å². The molecule has 1 aliphatic rings. The molecule has 0 aromatic heterocycles. The first-order chi connectivity index (χ1) is 5.74. The van der Waals surface area contributed by atoms with Gasteiger partial charge < -0.3 is 10.2 Å². The minimum Gasteiger partial charge on any atom is -0.314 e. The Balaban J connectivity index is 0.00000144. The second kappa shape index (κ2) is 6.63. The zero-order valence-electron chi connectivity index (χ0n) is 9.05. The highest BCUT2D eigenvalue weighted by molar-refractivity contribution is 5.85. The molecule has 0 bridgehead atoms. The monoisotopic (exact) mass is 206 g/mol. The Hall–Kier alpha value is 0.210. The van der Waals surface area contributed by atoms with Gasteiger partial charge in [-0.3, -0.25) is 0 Å². The largest absolute Gasteiger partial charge is 0.314 e. The van der Waals surface area contributed by atoms with Gasteiger partial charge in [0.2, 0.25) is 0 Å². The SMILES string of the molecule is CCNC1CCC(N(C)C)CC1.Cl. The molecule has 0 aliphatic heterocycles. The van der Waals surface area contributed by atoms with Crippen LogP contribution in [0, 0.1) is 0 Å². The van der Waals surface area contributed by atoms with Gasteiger partial charge in [-0.25, -0.2) is 0 Å². The van der Waals surface area contributed by atoms with E-state index >= 15 is 0 Å². The molecule has 1 N–H and O–H groups in total. The van der Waals surface area contributed by atoms with Crippen molar-refractivity contribution in [1.82, 2.24) is 10.2 Å². The lowest BCUT2D eigenvalue weighted by Gasteiger charge is -2.32. The number of nitrogens with one attached hydrogen (secondary N) is 1. The van der Waals surface area contributed by atoms with E-state index in [-0.39, 0.29) is 12.4 Å². The van der Waals surface area contributed by atoms with E-state index in [9.17, 15) is 0 Å². The molecule has 1 rings (SSSR count). The fraction of sp³-hybridized carbons (Fsp3) is 1.00. The molecule has 0 spiro atoms. The lowest BCUT2D eigenvalue weighted by molar-refractivity contribution is 0.205. The highest BCUT2D eigenvalue weighted by Crippen LogP contribution is 2.21. The van der Waals surface area contributed by atoms with Gasteiger partial charge in [0.15, 0.2) is 0 Å². The van der Waals surface area contributed by atoms with Crippen molar-refractivity contribution in [3.63, 3.8) is 0 Å². The van der Waals surface area contributed by atoms with Crippen molar-refractivity contribution in [2.24, 2.45) is 0 Å². The Bertz CT molecular complexity index is 120. The number of hydrogen-bond donors (Lipinski definition) is 1. The molecule has 0 amide bonds. The molecule has 0 saturated heterocycles. The average molecular weight is 207 g/mol. The first-order valence-electron chi connectivity index (χ1n) is 5.13. The van der Waals surface area contributed by atoms with E-state index in [1.54, 1.807) is 0 Å². The van der Waals surface area contributed by atoms with Crippen molar-refractivity contribution in [2.45, 2.75) is 44.7 Å². The summed E-state index contributed by atoms with van der Waals surface area (Å²) in [6.07, 6.45) is 5.45. The molecular formula is C10H23ClN2. The average Bonchev–Trinajstić information content (AvgIpc) is 2.06. The summed E-state index contributed by atoms with van der Waals surface area (Å²) < 4.78 is 0. The molecule has 3 heteroatoms. The Kier molecular flexibility index (Phi) is 6.74. The van der Waals surface area contributed by atoms with Crippen LogP contribution < -0.4 is 5.32 Å². The van der Waals surface area contributed by atoms with Gasteiger partial charge in [-0.1, -0.05) is 6.92 Å². The molecule has 0 aromatic carbocycles. The van der Waals surface area contributed by atoms with Crippen LogP contribution in [0.1, 0.15) is 32.6 Å². The molecule has 1 aliphatic carbocycles. The molecular weight excluding hydrogens is 184 g/mol. The molecule has 13 heavy (non-hydrogen) atoms. The lowest BCUT2D eigenvalue weighted by atomic mass is 9.90. The standard InChI is InChI=1S/C10H22N2.ClH/c1-4-11-9-5-7-10(8-6-9)12(2)3;/h9-11H,4-8H2,1-3H3;1H. The molecule has 80 valence electrons. The van der Waals surface area contributed by atoms with Gasteiger partial charge in [-0.2, -0.15) is 0 Å². The van der Waals surface area contributed by atoms with E-state index in [1.165, 1.54) is 25.7 Å². The Morgan fingerprint density at radius 3 is 2.08 bits per heavy atom. The highest BCUT2D eigenvalue weighted by Gasteiger charge is 2.21. The van der Waals surface area contributed by atoms with Gasteiger partial charge in [0.1, 0.15) is 0 Å². The molecule has 1 saturated carbocycles. The Morgan fingerprint density at radius 2 is 1.69 bits per heavy atom. The predicted molar refractivity (Wildman–Crippen MR) is 60.7 cm³/mol. The number of rotatable bonds is 3. The quantitative estimate of drug-likeness (QED) is 0.759. The summed E-state index contributed by atoms with van der Waals surface area (Å²) >= 11 is 0. The summed E-state index contributed by atoms with van der Waals surface area (Å²) in [5.41, 5.74) is 0. The van der Waals surface area contributed by atoms with Crippen molar-refractivity contribution in [3.8, 4) is 0 Å². The van der Waals surface area contributed by atoms with Crippen molar-refractivity contribution < 1.29 is 0 Å². The first-order valence-corrected chi connectivity index (χ1v) is 5.13. The van der Waals surface area contributed by atoms with E-state index in [0.717, 1.165) is 18.6 Å². The van der Waals surface area contributed by atoms with Crippen molar-refractivity contribution >= 4 is 12.4 Å². The van der Waals surface area contributed by atoms with Crippen molar-refractivity contribution in [2.75, 3.05) is 20.6 Å². The zero-order valence-corrected chi connectivity index (χ0v) is 9.86.